The van der Waals surface area contributed by atoms with Crippen LogP contribution in [0.3, 0.4) is 0 Å². The van der Waals surface area contributed by atoms with Crippen LogP contribution in [0.25, 0.3) is 0 Å². The molecule has 0 aliphatic heterocycles. The van der Waals surface area contributed by atoms with Gasteiger partial charge in [0.25, 0.3) is 0 Å². The van der Waals surface area contributed by atoms with Crippen LogP contribution in [0.5, 0.6) is 5.75 Å². The van der Waals surface area contributed by atoms with E-state index in [0.717, 1.165) is 5.56 Å². The molecule has 13 heavy (non-hydrogen) atoms. The third-order valence-electron chi connectivity index (χ3n) is 1.90. The van der Waals surface area contributed by atoms with Crippen LogP contribution in [-0.4, -0.2) is 7.11 Å². The van der Waals surface area contributed by atoms with Gasteiger partial charge < -0.3 is 10.5 Å². The van der Waals surface area contributed by atoms with Crippen molar-refractivity contribution in [3.63, 3.8) is 0 Å². The highest BCUT2D eigenvalue weighted by Gasteiger charge is 2.20. The Morgan fingerprint density at radius 3 is 2.77 bits per heavy atom. The van der Waals surface area contributed by atoms with Crippen LogP contribution >= 0.6 is 0 Å². The van der Waals surface area contributed by atoms with Gasteiger partial charge in [0.1, 0.15) is 11.3 Å². The number of nitriles is 1. The summed E-state index contributed by atoms with van der Waals surface area (Å²) < 4.78 is 5.03. The van der Waals surface area contributed by atoms with Gasteiger partial charge in [0.15, 0.2) is 0 Å². The molecule has 68 valence electrons. The van der Waals surface area contributed by atoms with Crippen LogP contribution < -0.4 is 10.5 Å². The fourth-order valence-electron chi connectivity index (χ4n) is 1.01. The Balaban J connectivity index is 3.10. The van der Waals surface area contributed by atoms with Crippen molar-refractivity contribution < 1.29 is 4.74 Å². The van der Waals surface area contributed by atoms with Gasteiger partial charge in [-0.05, 0) is 24.6 Å². The normalized spacial score (nSPS) is 14.3. The minimum atomic E-state index is -0.950. The molecule has 1 aromatic rings. The number of hydrogen-bond donors (Lipinski definition) is 1. The van der Waals surface area contributed by atoms with Gasteiger partial charge in [-0.25, -0.2) is 0 Å². The van der Waals surface area contributed by atoms with Crippen molar-refractivity contribution in [3.8, 4) is 11.8 Å². The van der Waals surface area contributed by atoms with Gasteiger partial charge in [0.2, 0.25) is 0 Å². The molecule has 0 saturated carbocycles. The smallest absolute Gasteiger partial charge is 0.127 e. The molecule has 0 heterocycles. The predicted octanol–water partition coefficient (Wildman–Crippen LogP) is 1.39. The lowest BCUT2D eigenvalue weighted by atomic mass is 9.95. The molecule has 1 rings (SSSR count). The fourth-order valence-corrected chi connectivity index (χ4v) is 1.01. The Morgan fingerprint density at radius 1 is 1.54 bits per heavy atom. The third kappa shape index (κ3) is 1.98. The quantitative estimate of drug-likeness (QED) is 0.740. The maximum atomic E-state index is 8.80. The SMILES string of the molecule is COc1cccc([C@@](C)(N)C#N)c1. The number of nitrogens with zero attached hydrogens (tertiary/aromatic N) is 1. The second kappa shape index (κ2) is 3.46. The van der Waals surface area contributed by atoms with Crippen LogP contribution in [0.15, 0.2) is 24.3 Å². The van der Waals surface area contributed by atoms with Crippen LogP contribution in [0.1, 0.15) is 12.5 Å². The molecule has 0 spiro atoms. The number of methoxy groups -OCH3 is 1. The summed E-state index contributed by atoms with van der Waals surface area (Å²) in [6.45, 7) is 1.67. The van der Waals surface area contributed by atoms with E-state index in [1.807, 2.05) is 24.3 Å². The van der Waals surface area contributed by atoms with Crippen molar-refractivity contribution in [2.24, 2.45) is 5.73 Å². The summed E-state index contributed by atoms with van der Waals surface area (Å²) in [4.78, 5) is 0. The minimum absolute atomic E-state index is 0.712. The molecule has 0 saturated heterocycles. The molecular formula is C10H12N2O. The van der Waals surface area contributed by atoms with Crippen molar-refractivity contribution in [1.29, 1.82) is 5.26 Å². The van der Waals surface area contributed by atoms with E-state index >= 15 is 0 Å². The number of benzene rings is 1. The average Bonchev–Trinajstić information content (AvgIpc) is 2.18. The number of nitrogens with two attached hydrogens (primary N) is 1. The predicted molar refractivity (Wildman–Crippen MR) is 50.1 cm³/mol. The highest BCUT2D eigenvalue weighted by molar-refractivity contribution is 5.36. The van der Waals surface area contributed by atoms with Crippen LogP contribution in [0.4, 0.5) is 0 Å². The first-order chi connectivity index (χ1) is 6.10. The Labute approximate surface area is 77.7 Å². The Kier molecular flexibility index (Phi) is 2.54. The second-order valence-corrected chi connectivity index (χ2v) is 3.05. The van der Waals surface area contributed by atoms with E-state index in [2.05, 4.69) is 0 Å². The van der Waals surface area contributed by atoms with Crippen molar-refractivity contribution in [2.45, 2.75) is 12.5 Å². The highest BCUT2D eigenvalue weighted by atomic mass is 16.5. The summed E-state index contributed by atoms with van der Waals surface area (Å²) in [6, 6.07) is 9.24. The van der Waals surface area contributed by atoms with E-state index in [4.69, 9.17) is 15.7 Å². The van der Waals surface area contributed by atoms with Gasteiger partial charge in [-0.2, -0.15) is 5.26 Å². The standard InChI is InChI=1S/C10H12N2O/c1-10(12,7-11)8-4-3-5-9(6-8)13-2/h3-6H,12H2,1-2H3/t10-/m0/s1. The van der Waals surface area contributed by atoms with Crippen molar-refractivity contribution in [2.75, 3.05) is 7.11 Å². The van der Waals surface area contributed by atoms with E-state index in [9.17, 15) is 0 Å². The molecule has 0 aliphatic carbocycles. The summed E-state index contributed by atoms with van der Waals surface area (Å²) in [5.74, 6) is 0.712. The number of rotatable bonds is 2. The first-order valence-corrected chi connectivity index (χ1v) is 3.95. The van der Waals surface area contributed by atoms with Gasteiger partial charge >= 0.3 is 0 Å². The Hall–Kier alpha value is -1.53. The number of hydrogen-bond acceptors (Lipinski definition) is 3. The van der Waals surface area contributed by atoms with Crippen molar-refractivity contribution in [3.05, 3.63) is 29.8 Å². The zero-order valence-corrected chi connectivity index (χ0v) is 7.74. The molecule has 0 amide bonds. The molecule has 3 nitrogen and oxygen atoms in total. The molecule has 2 N–H and O–H groups in total. The summed E-state index contributed by atoms with van der Waals surface area (Å²) in [5.41, 5.74) is 5.55. The molecular weight excluding hydrogens is 164 g/mol. The molecule has 0 fully saturated rings. The van der Waals surface area contributed by atoms with Gasteiger partial charge in [0.05, 0.1) is 13.2 Å². The summed E-state index contributed by atoms with van der Waals surface area (Å²) >= 11 is 0. The first-order valence-electron chi connectivity index (χ1n) is 3.95. The summed E-state index contributed by atoms with van der Waals surface area (Å²) in [6.07, 6.45) is 0. The maximum absolute atomic E-state index is 8.80. The molecule has 3 heteroatoms. The van der Waals surface area contributed by atoms with E-state index in [-0.39, 0.29) is 0 Å². The molecule has 0 bridgehead atoms. The molecule has 1 aromatic carbocycles. The molecule has 1 atom stereocenters. The third-order valence-corrected chi connectivity index (χ3v) is 1.90. The molecule has 0 aliphatic rings. The molecule has 0 unspecified atom stereocenters. The van der Waals surface area contributed by atoms with Crippen LogP contribution in [0.2, 0.25) is 0 Å². The average molecular weight is 176 g/mol. The Bertz CT molecular complexity index is 339. The minimum Gasteiger partial charge on any atom is -0.497 e. The van der Waals surface area contributed by atoms with Crippen molar-refractivity contribution >= 4 is 0 Å². The van der Waals surface area contributed by atoms with Crippen LogP contribution in [-0.2, 0) is 5.54 Å². The summed E-state index contributed by atoms with van der Waals surface area (Å²) in [7, 11) is 1.58. The first kappa shape index (κ1) is 9.56. The molecule has 0 radical (unpaired) electrons. The second-order valence-electron chi connectivity index (χ2n) is 3.05. The van der Waals surface area contributed by atoms with Gasteiger partial charge in [-0.15, -0.1) is 0 Å². The number of ether oxygens (including phenoxy) is 1. The van der Waals surface area contributed by atoms with E-state index in [0.29, 0.717) is 5.75 Å². The highest BCUT2D eigenvalue weighted by Crippen LogP contribution is 2.21. The van der Waals surface area contributed by atoms with Crippen LogP contribution in [0, 0.1) is 11.3 Å². The summed E-state index contributed by atoms with van der Waals surface area (Å²) in [5, 5.41) is 8.80. The Morgan fingerprint density at radius 2 is 2.23 bits per heavy atom. The van der Waals surface area contributed by atoms with Gasteiger partial charge in [-0.3, -0.25) is 0 Å². The topological polar surface area (TPSA) is 59.0 Å². The van der Waals surface area contributed by atoms with E-state index in [1.165, 1.54) is 0 Å². The van der Waals surface area contributed by atoms with Gasteiger partial charge in [-0.1, -0.05) is 12.1 Å². The fraction of sp³-hybridized carbons (Fsp3) is 0.300. The zero-order valence-electron chi connectivity index (χ0n) is 7.74. The largest absolute Gasteiger partial charge is 0.497 e. The van der Waals surface area contributed by atoms with Crippen molar-refractivity contribution in [1.82, 2.24) is 0 Å². The maximum Gasteiger partial charge on any atom is 0.127 e. The lowest BCUT2D eigenvalue weighted by Crippen LogP contribution is -2.30. The van der Waals surface area contributed by atoms with E-state index < -0.39 is 5.54 Å². The molecule has 0 aromatic heterocycles. The van der Waals surface area contributed by atoms with Gasteiger partial charge in [0, 0.05) is 0 Å². The monoisotopic (exact) mass is 176 g/mol. The lowest BCUT2D eigenvalue weighted by molar-refractivity contribution is 0.413. The zero-order chi connectivity index (χ0) is 9.90. The lowest BCUT2D eigenvalue weighted by Gasteiger charge is -2.16. The van der Waals surface area contributed by atoms with E-state index in [1.54, 1.807) is 20.1 Å².